The molecule has 2 aromatic rings. The minimum Gasteiger partial charge on any atom is -0.370 e. The van der Waals surface area contributed by atoms with Crippen LogP contribution in [0.3, 0.4) is 0 Å². The van der Waals surface area contributed by atoms with E-state index in [0.29, 0.717) is 0 Å². The van der Waals surface area contributed by atoms with Gasteiger partial charge in [0.15, 0.2) is 0 Å². The molecule has 3 rings (SSSR count). The van der Waals surface area contributed by atoms with Crippen molar-refractivity contribution in [2.45, 2.75) is 13.0 Å². The van der Waals surface area contributed by atoms with Gasteiger partial charge in [-0.3, -0.25) is 9.67 Å². The molecule has 4 heteroatoms. The molecule has 0 unspecified atom stereocenters. The molecule has 0 atom stereocenters. The Morgan fingerprint density at radius 2 is 2.11 bits per heavy atom. The number of nitrogens with one attached hydrogen (secondary N) is 1. The molecule has 0 radical (unpaired) electrons. The van der Waals surface area contributed by atoms with Gasteiger partial charge in [-0.25, -0.2) is 0 Å². The third-order valence-corrected chi connectivity index (χ3v) is 3.03. The standard InChI is InChI=1S/C14H16N4/c1-7-15-14(16-8-1)13-5-3-12(4-6-13)11-18-10-2-9-17-18/h2-6,9-10H,1,7-8,11H2,(H,15,16). The van der Waals surface area contributed by atoms with E-state index in [-0.39, 0.29) is 0 Å². The predicted octanol–water partition coefficient (Wildman–Crippen LogP) is 1.67. The zero-order valence-electron chi connectivity index (χ0n) is 10.2. The Balaban J connectivity index is 1.74. The number of hydrogen-bond donors (Lipinski definition) is 1. The summed E-state index contributed by atoms with van der Waals surface area (Å²) in [6.45, 7) is 2.76. The van der Waals surface area contributed by atoms with Gasteiger partial charge in [0.1, 0.15) is 5.84 Å². The Morgan fingerprint density at radius 1 is 1.22 bits per heavy atom. The molecule has 1 aliphatic rings. The first-order chi connectivity index (χ1) is 8.92. The average Bonchev–Trinajstić information content (AvgIpc) is 2.94. The minimum atomic E-state index is 0.813. The maximum absolute atomic E-state index is 4.49. The van der Waals surface area contributed by atoms with Crippen LogP contribution in [0.25, 0.3) is 0 Å². The summed E-state index contributed by atoms with van der Waals surface area (Å²) in [5.74, 6) is 1.02. The van der Waals surface area contributed by atoms with Gasteiger partial charge in [-0.05, 0) is 18.1 Å². The number of amidine groups is 1. The third kappa shape index (κ3) is 2.42. The maximum Gasteiger partial charge on any atom is 0.128 e. The largest absolute Gasteiger partial charge is 0.370 e. The van der Waals surface area contributed by atoms with Gasteiger partial charge in [-0.2, -0.15) is 5.10 Å². The summed E-state index contributed by atoms with van der Waals surface area (Å²) in [4.78, 5) is 4.49. The van der Waals surface area contributed by atoms with Crippen LogP contribution in [-0.2, 0) is 6.54 Å². The van der Waals surface area contributed by atoms with Crippen LogP contribution in [-0.4, -0.2) is 28.7 Å². The molecule has 0 spiro atoms. The first-order valence-electron chi connectivity index (χ1n) is 6.27. The molecule has 1 aromatic carbocycles. The van der Waals surface area contributed by atoms with Crippen LogP contribution >= 0.6 is 0 Å². The van der Waals surface area contributed by atoms with Gasteiger partial charge < -0.3 is 5.32 Å². The second kappa shape index (κ2) is 5.04. The van der Waals surface area contributed by atoms with Crippen LogP contribution in [0.1, 0.15) is 17.5 Å². The van der Waals surface area contributed by atoms with E-state index in [1.165, 1.54) is 11.1 Å². The van der Waals surface area contributed by atoms with Crippen molar-refractivity contribution in [3.63, 3.8) is 0 Å². The van der Waals surface area contributed by atoms with Gasteiger partial charge in [0.2, 0.25) is 0 Å². The number of nitrogens with zero attached hydrogens (tertiary/aromatic N) is 3. The van der Waals surface area contributed by atoms with Gasteiger partial charge in [-0.1, -0.05) is 24.3 Å². The molecule has 0 aliphatic carbocycles. The molecule has 0 saturated carbocycles. The van der Waals surface area contributed by atoms with Gasteiger partial charge in [0.05, 0.1) is 6.54 Å². The fourth-order valence-corrected chi connectivity index (χ4v) is 2.08. The van der Waals surface area contributed by atoms with Crippen LogP contribution < -0.4 is 5.32 Å². The first kappa shape index (κ1) is 11.0. The molecule has 4 nitrogen and oxygen atoms in total. The van der Waals surface area contributed by atoms with Crippen LogP contribution in [0.4, 0.5) is 0 Å². The van der Waals surface area contributed by atoms with E-state index in [4.69, 9.17) is 0 Å². The first-order valence-corrected chi connectivity index (χ1v) is 6.27. The Morgan fingerprint density at radius 3 is 2.78 bits per heavy atom. The number of hydrogen-bond acceptors (Lipinski definition) is 3. The summed E-state index contributed by atoms with van der Waals surface area (Å²) in [5.41, 5.74) is 2.41. The molecule has 0 amide bonds. The zero-order chi connectivity index (χ0) is 12.2. The van der Waals surface area contributed by atoms with E-state index >= 15 is 0 Å². The lowest BCUT2D eigenvalue weighted by atomic mass is 10.1. The van der Waals surface area contributed by atoms with Crippen molar-refractivity contribution in [3.8, 4) is 0 Å². The van der Waals surface area contributed by atoms with Gasteiger partial charge >= 0.3 is 0 Å². The predicted molar refractivity (Wildman–Crippen MR) is 71.8 cm³/mol. The lowest BCUT2D eigenvalue weighted by molar-refractivity contribution is 0.687. The van der Waals surface area contributed by atoms with Crippen molar-refractivity contribution in [1.82, 2.24) is 15.1 Å². The second-order valence-corrected chi connectivity index (χ2v) is 4.41. The molecule has 1 N–H and O–H groups in total. The lowest BCUT2D eigenvalue weighted by Gasteiger charge is -2.14. The van der Waals surface area contributed by atoms with Crippen molar-refractivity contribution in [3.05, 3.63) is 53.9 Å². The third-order valence-electron chi connectivity index (χ3n) is 3.03. The van der Waals surface area contributed by atoms with Gasteiger partial charge in [0.25, 0.3) is 0 Å². The molecule has 0 saturated heterocycles. The highest BCUT2D eigenvalue weighted by Gasteiger charge is 2.06. The fourth-order valence-electron chi connectivity index (χ4n) is 2.08. The van der Waals surface area contributed by atoms with E-state index in [9.17, 15) is 0 Å². The number of rotatable bonds is 3. The molecule has 1 aliphatic heterocycles. The Bertz CT molecular complexity index is 525. The van der Waals surface area contributed by atoms with Crippen molar-refractivity contribution in [2.24, 2.45) is 4.99 Å². The van der Waals surface area contributed by atoms with E-state index in [0.717, 1.165) is 31.9 Å². The van der Waals surface area contributed by atoms with Crippen molar-refractivity contribution >= 4 is 5.84 Å². The van der Waals surface area contributed by atoms with E-state index in [1.807, 2.05) is 16.9 Å². The Kier molecular flexibility index (Phi) is 3.08. The number of aliphatic imine (C=N–C) groups is 1. The van der Waals surface area contributed by atoms with Crippen LogP contribution in [0.5, 0.6) is 0 Å². The minimum absolute atomic E-state index is 0.813. The molecule has 0 bridgehead atoms. The summed E-state index contributed by atoms with van der Waals surface area (Å²) < 4.78 is 1.92. The maximum atomic E-state index is 4.49. The Labute approximate surface area is 106 Å². The highest BCUT2D eigenvalue weighted by molar-refractivity contribution is 5.99. The van der Waals surface area contributed by atoms with Crippen LogP contribution in [0.15, 0.2) is 47.7 Å². The quantitative estimate of drug-likeness (QED) is 0.886. The highest BCUT2D eigenvalue weighted by atomic mass is 15.3. The van der Waals surface area contributed by atoms with E-state index in [2.05, 4.69) is 39.7 Å². The highest BCUT2D eigenvalue weighted by Crippen LogP contribution is 2.08. The number of benzene rings is 1. The molecular formula is C14H16N4. The lowest BCUT2D eigenvalue weighted by Crippen LogP contribution is -2.30. The van der Waals surface area contributed by atoms with Crippen molar-refractivity contribution < 1.29 is 0 Å². The summed E-state index contributed by atoms with van der Waals surface area (Å²) in [5, 5.41) is 7.54. The molecule has 0 fully saturated rings. The summed E-state index contributed by atoms with van der Waals surface area (Å²) in [6, 6.07) is 10.5. The molecule has 1 aromatic heterocycles. The second-order valence-electron chi connectivity index (χ2n) is 4.41. The normalized spacial score (nSPS) is 15.0. The van der Waals surface area contributed by atoms with E-state index in [1.54, 1.807) is 6.20 Å². The summed E-state index contributed by atoms with van der Waals surface area (Å²) in [7, 11) is 0. The SMILES string of the molecule is c1cnn(Cc2ccc(C3=NCCCN3)cc2)c1. The molecule has 18 heavy (non-hydrogen) atoms. The monoisotopic (exact) mass is 240 g/mol. The van der Waals surface area contributed by atoms with Gasteiger partial charge in [-0.15, -0.1) is 0 Å². The summed E-state index contributed by atoms with van der Waals surface area (Å²) in [6.07, 6.45) is 4.90. The number of aromatic nitrogens is 2. The average molecular weight is 240 g/mol. The zero-order valence-corrected chi connectivity index (χ0v) is 10.2. The smallest absolute Gasteiger partial charge is 0.128 e. The molecule has 2 heterocycles. The fraction of sp³-hybridized carbons (Fsp3) is 0.286. The molecule has 92 valence electrons. The van der Waals surface area contributed by atoms with E-state index < -0.39 is 0 Å². The topological polar surface area (TPSA) is 42.2 Å². The van der Waals surface area contributed by atoms with Gasteiger partial charge in [0, 0.05) is 31.0 Å². The van der Waals surface area contributed by atoms with Crippen LogP contribution in [0.2, 0.25) is 0 Å². The van der Waals surface area contributed by atoms with Crippen LogP contribution in [0, 0.1) is 0 Å². The summed E-state index contributed by atoms with van der Waals surface area (Å²) >= 11 is 0. The van der Waals surface area contributed by atoms with Crippen molar-refractivity contribution in [1.29, 1.82) is 0 Å². The Hall–Kier alpha value is -2.10. The van der Waals surface area contributed by atoms with Crippen molar-refractivity contribution in [2.75, 3.05) is 13.1 Å². The molecular weight excluding hydrogens is 224 g/mol.